The van der Waals surface area contributed by atoms with Crippen molar-refractivity contribution in [2.45, 2.75) is 37.8 Å². The number of fused-ring (bicyclic) bond motifs is 2. The average Bonchev–Trinajstić information content (AvgIpc) is 2.65. The molecule has 3 aliphatic rings. The standard InChI is InChI=1S/C14H21O2P/c1-16-11-4-5-12-10(9-11)3-6-14-13(12)7-8-17(14,2)15/h4,13-14H,3,5-9H2,1-2H3/t13-,14+,17-/m1/s1. The van der Waals surface area contributed by atoms with E-state index < -0.39 is 7.14 Å². The van der Waals surface area contributed by atoms with E-state index in [1.807, 2.05) is 6.66 Å². The Balaban J connectivity index is 1.88. The number of ether oxygens (including phenoxy) is 1. The fourth-order valence-corrected chi connectivity index (χ4v) is 6.81. The quantitative estimate of drug-likeness (QED) is 0.524. The molecule has 0 aromatic carbocycles. The summed E-state index contributed by atoms with van der Waals surface area (Å²) in [6.45, 7) is 2.03. The summed E-state index contributed by atoms with van der Waals surface area (Å²) in [6, 6.07) is 0. The van der Waals surface area contributed by atoms with Crippen LogP contribution in [-0.2, 0) is 9.30 Å². The SMILES string of the molecule is COC1=CCC2=C(CC[C@H]3[C@@H]2CC[P@@]3(C)=O)C1. The number of hydrogen-bond donors (Lipinski definition) is 0. The summed E-state index contributed by atoms with van der Waals surface area (Å²) in [5.74, 6) is 1.75. The van der Waals surface area contributed by atoms with Crippen molar-refractivity contribution in [2.24, 2.45) is 5.92 Å². The van der Waals surface area contributed by atoms with E-state index in [9.17, 15) is 4.57 Å². The molecule has 0 N–H and O–H groups in total. The molecule has 0 radical (unpaired) electrons. The Hall–Kier alpha value is -0.490. The summed E-state index contributed by atoms with van der Waals surface area (Å²) in [5.41, 5.74) is 3.70. The highest BCUT2D eigenvalue weighted by molar-refractivity contribution is 7.64. The Kier molecular flexibility index (Phi) is 2.74. The molecule has 1 aliphatic heterocycles. The van der Waals surface area contributed by atoms with Crippen LogP contribution in [0.25, 0.3) is 0 Å². The highest BCUT2D eigenvalue weighted by Gasteiger charge is 2.45. The summed E-state index contributed by atoms with van der Waals surface area (Å²) >= 11 is 0. The molecule has 0 spiro atoms. The van der Waals surface area contributed by atoms with Gasteiger partial charge in [0.25, 0.3) is 0 Å². The van der Waals surface area contributed by atoms with Gasteiger partial charge in [0.2, 0.25) is 0 Å². The molecule has 0 amide bonds. The predicted octanol–water partition coefficient (Wildman–Crippen LogP) is 3.78. The van der Waals surface area contributed by atoms with Gasteiger partial charge in [0.15, 0.2) is 0 Å². The highest BCUT2D eigenvalue weighted by Crippen LogP contribution is 2.63. The van der Waals surface area contributed by atoms with Crippen LogP contribution in [0, 0.1) is 5.92 Å². The molecular formula is C14H21O2P. The number of allylic oxidation sites excluding steroid dienone is 3. The maximum absolute atomic E-state index is 12.5. The predicted molar refractivity (Wildman–Crippen MR) is 70.9 cm³/mol. The van der Waals surface area contributed by atoms with Crippen LogP contribution in [0.3, 0.4) is 0 Å². The zero-order valence-electron chi connectivity index (χ0n) is 10.7. The first-order valence-corrected chi connectivity index (χ1v) is 9.02. The zero-order chi connectivity index (χ0) is 12.0. The van der Waals surface area contributed by atoms with Gasteiger partial charge in [-0.3, -0.25) is 0 Å². The minimum absolute atomic E-state index is 0.499. The first kappa shape index (κ1) is 11.6. The lowest BCUT2D eigenvalue weighted by Crippen LogP contribution is -2.24. The fourth-order valence-electron chi connectivity index (χ4n) is 3.92. The third-order valence-electron chi connectivity index (χ3n) is 4.89. The van der Waals surface area contributed by atoms with Crippen molar-refractivity contribution in [3.8, 4) is 0 Å². The van der Waals surface area contributed by atoms with Gasteiger partial charge < -0.3 is 9.30 Å². The van der Waals surface area contributed by atoms with Crippen molar-refractivity contribution < 1.29 is 9.30 Å². The van der Waals surface area contributed by atoms with Crippen LogP contribution in [0.1, 0.15) is 32.1 Å². The Morgan fingerprint density at radius 2 is 2.24 bits per heavy atom. The minimum atomic E-state index is -1.85. The lowest BCUT2D eigenvalue weighted by molar-refractivity contribution is 0.275. The van der Waals surface area contributed by atoms with Gasteiger partial charge in [-0.15, -0.1) is 0 Å². The average molecular weight is 252 g/mol. The van der Waals surface area contributed by atoms with Crippen molar-refractivity contribution >= 4 is 7.14 Å². The lowest BCUT2D eigenvalue weighted by atomic mass is 9.76. The Labute approximate surface area is 103 Å². The van der Waals surface area contributed by atoms with E-state index in [1.165, 1.54) is 0 Å². The van der Waals surface area contributed by atoms with E-state index in [-0.39, 0.29) is 0 Å². The maximum Gasteiger partial charge on any atom is 0.0959 e. The molecule has 1 saturated heterocycles. The largest absolute Gasteiger partial charge is 0.501 e. The van der Waals surface area contributed by atoms with Crippen molar-refractivity contribution in [1.29, 1.82) is 0 Å². The number of rotatable bonds is 1. The second kappa shape index (κ2) is 4.02. The molecule has 3 rings (SSSR count). The van der Waals surface area contributed by atoms with Gasteiger partial charge >= 0.3 is 0 Å². The van der Waals surface area contributed by atoms with Gasteiger partial charge in [-0.2, -0.15) is 0 Å². The molecule has 0 aromatic rings. The van der Waals surface area contributed by atoms with Crippen LogP contribution < -0.4 is 0 Å². The van der Waals surface area contributed by atoms with E-state index in [4.69, 9.17) is 4.74 Å². The van der Waals surface area contributed by atoms with Crippen LogP contribution in [0.2, 0.25) is 0 Å². The smallest absolute Gasteiger partial charge is 0.0959 e. The molecule has 3 atom stereocenters. The Morgan fingerprint density at radius 3 is 3.00 bits per heavy atom. The maximum atomic E-state index is 12.5. The second-order valence-corrected chi connectivity index (χ2v) is 9.24. The van der Waals surface area contributed by atoms with Gasteiger partial charge in [0, 0.05) is 18.2 Å². The molecule has 2 aliphatic carbocycles. The van der Waals surface area contributed by atoms with Crippen LogP contribution in [0.4, 0.5) is 0 Å². The molecule has 0 aromatic heterocycles. The minimum Gasteiger partial charge on any atom is -0.501 e. The van der Waals surface area contributed by atoms with E-state index in [2.05, 4.69) is 6.08 Å². The Bertz CT molecular complexity index is 447. The molecule has 1 fully saturated rings. The van der Waals surface area contributed by atoms with Gasteiger partial charge in [0.1, 0.15) is 0 Å². The lowest BCUT2D eigenvalue weighted by Gasteiger charge is -2.34. The number of hydrogen-bond acceptors (Lipinski definition) is 2. The molecule has 94 valence electrons. The Morgan fingerprint density at radius 1 is 1.41 bits per heavy atom. The third-order valence-corrected chi connectivity index (χ3v) is 8.06. The topological polar surface area (TPSA) is 26.3 Å². The van der Waals surface area contributed by atoms with E-state index in [0.29, 0.717) is 11.6 Å². The van der Waals surface area contributed by atoms with Gasteiger partial charge in [0.05, 0.1) is 20.0 Å². The van der Waals surface area contributed by atoms with Gasteiger partial charge in [-0.05, 0) is 44.3 Å². The first-order chi connectivity index (χ1) is 8.12. The van der Waals surface area contributed by atoms with Crippen molar-refractivity contribution in [3.05, 3.63) is 23.0 Å². The summed E-state index contributed by atoms with van der Waals surface area (Å²) in [5, 5.41) is 0. The van der Waals surface area contributed by atoms with Crippen molar-refractivity contribution in [1.82, 2.24) is 0 Å². The van der Waals surface area contributed by atoms with Crippen LogP contribution in [0.15, 0.2) is 23.0 Å². The molecule has 0 saturated carbocycles. The van der Waals surface area contributed by atoms with Crippen molar-refractivity contribution in [3.63, 3.8) is 0 Å². The fraction of sp³-hybridized carbons (Fsp3) is 0.714. The van der Waals surface area contributed by atoms with Crippen LogP contribution >= 0.6 is 7.14 Å². The van der Waals surface area contributed by atoms with E-state index in [0.717, 1.165) is 44.0 Å². The van der Waals surface area contributed by atoms with Gasteiger partial charge in [-0.1, -0.05) is 11.1 Å². The van der Waals surface area contributed by atoms with Crippen LogP contribution in [-0.4, -0.2) is 25.6 Å². The van der Waals surface area contributed by atoms with E-state index in [1.54, 1.807) is 18.3 Å². The molecular weight excluding hydrogens is 231 g/mol. The first-order valence-electron chi connectivity index (χ1n) is 6.62. The van der Waals surface area contributed by atoms with Gasteiger partial charge in [-0.25, -0.2) is 0 Å². The molecule has 3 heteroatoms. The summed E-state index contributed by atoms with van der Waals surface area (Å²) < 4.78 is 17.9. The molecule has 0 bridgehead atoms. The molecule has 17 heavy (non-hydrogen) atoms. The summed E-state index contributed by atoms with van der Waals surface area (Å²) in [4.78, 5) is 0. The molecule has 2 nitrogen and oxygen atoms in total. The number of methoxy groups -OCH3 is 1. The summed E-state index contributed by atoms with van der Waals surface area (Å²) in [6.07, 6.45) is 8.69. The van der Waals surface area contributed by atoms with Crippen LogP contribution in [0.5, 0.6) is 0 Å². The second-order valence-electron chi connectivity index (χ2n) is 5.78. The molecule has 0 unspecified atom stereocenters. The summed E-state index contributed by atoms with van der Waals surface area (Å²) in [7, 11) is -0.0838. The molecule has 1 heterocycles. The van der Waals surface area contributed by atoms with E-state index >= 15 is 0 Å². The van der Waals surface area contributed by atoms with Crippen molar-refractivity contribution in [2.75, 3.05) is 19.9 Å². The normalized spacial score (nSPS) is 40.7. The third kappa shape index (κ3) is 1.81. The zero-order valence-corrected chi connectivity index (χ0v) is 11.6. The monoisotopic (exact) mass is 252 g/mol. The highest BCUT2D eigenvalue weighted by atomic mass is 31.2.